The summed E-state index contributed by atoms with van der Waals surface area (Å²) in [5, 5.41) is 15.7. The fourth-order valence-corrected chi connectivity index (χ4v) is 4.21. The van der Waals surface area contributed by atoms with Crippen molar-refractivity contribution in [1.29, 1.82) is 0 Å². The zero-order valence-electron chi connectivity index (χ0n) is 17.9. The van der Waals surface area contributed by atoms with Crippen molar-refractivity contribution in [3.63, 3.8) is 0 Å². The topological polar surface area (TPSA) is 87.4 Å². The summed E-state index contributed by atoms with van der Waals surface area (Å²) < 4.78 is 0. The van der Waals surface area contributed by atoms with Crippen molar-refractivity contribution in [2.75, 3.05) is 36.4 Å². The van der Waals surface area contributed by atoms with Crippen molar-refractivity contribution in [3.05, 3.63) is 86.7 Å². The molecule has 1 aliphatic rings. The number of aryl methyl sites for hydroxylation is 1. The van der Waals surface area contributed by atoms with Crippen LogP contribution in [0.1, 0.15) is 16.7 Å². The van der Waals surface area contributed by atoms with Gasteiger partial charge < -0.3 is 10.2 Å². The Labute approximate surface area is 192 Å². The van der Waals surface area contributed by atoms with Crippen LogP contribution in [0, 0.1) is 17.0 Å². The van der Waals surface area contributed by atoms with Gasteiger partial charge in [0.05, 0.1) is 4.92 Å². The van der Waals surface area contributed by atoms with Gasteiger partial charge in [-0.25, -0.2) is 9.97 Å². The minimum absolute atomic E-state index is 0.103. The fraction of sp³-hybridized carbons (Fsp3) is 0.304. The lowest BCUT2D eigenvalue weighted by Gasteiger charge is -2.35. The van der Waals surface area contributed by atoms with Gasteiger partial charge in [-0.2, -0.15) is 0 Å². The van der Waals surface area contributed by atoms with E-state index in [0.29, 0.717) is 30.5 Å². The molecule has 0 radical (unpaired) electrons. The average Bonchev–Trinajstić information content (AvgIpc) is 2.79. The molecule has 32 heavy (non-hydrogen) atoms. The molecule has 0 amide bonds. The number of benzene rings is 2. The molecule has 0 aliphatic carbocycles. The second kappa shape index (κ2) is 9.93. The van der Waals surface area contributed by atoms with Crippen molar-refractivity contribution in [3.8, 4) is 0 Å². The number of hydrogen-bond donors (Lipinski definition) is 1. The molecule has 1 aromatic heterocycles. The Morgan fingerprint density at radius 1 is 1.06 bits per heavy atom. The van der Waals surface area contributed by atoms with Crippen LogP contribution >= 0.6 is 11.6 Å². The predicted octanol–water partition coefficient (Wildman–Crippen LogP) is 4.28. The zero-order chi connectivity index (χ0) is 22.5. The molecule has 2 aromatic carbocycles. The van der Waals surface area contributed by atoms with Gasteiger partial charge >= 0.3 is 5.69 Å². The first kappa shape index (κ1) is 22.0. The molecule has 8 nitrogen and oxygen atoms in total. The Hall–Kier alpha value is -3.23. The molecule has 0 saturated carbocycles. The molecular weight excluding hydrogens is 428 g/mol. The molecule has 3 aromatic rings. The Kier molecular flexibility index (Phi) is 6.82. The maximum absolute atomic E-state index is 12.0. The molecule has 0 spiro atoms. The van der Waals surface area contributed by atoms with Crippen LogP contribution in [0.15, 0.2) is 54.9 Å². The molecule has 1 aliphatic heterocycles. The molecule has 0 atom stereocenters. The average molecular weight is 453 g/mol. The lowest BCUT2D eigenvalue weighted by Crippen LogP contribution is -2.46. The lowest BCUT2D eigenvalue weighted by atomic mass is 10.1. The number of piperazine rings is 1. The summed E-state index contributed by atoms with van der Waals surface area (Å²) in [7, 11) is 0. The Balaban J connectivity index is 1.48. The standard InChI is InChI=1S/C23H25ClN6O2/c1-17-6-5-9-20(24)19(17)14-25-22-21(30(31)32)23(27-16-26-22)29-12-10-28(11-13-29)15-18-7-3-2-4-8-18/h2-9,16H,10-15H2,1H3,(H,25,26,27). The molecule has 1 N–H and O–H groups in total. The Bertz CT molecular complexity index is 1070. The minimum atomic E-state index is -0.409. The number of halogens is 1. The van der Waals surface area contributed by atoms with Crippen LogP contribution in [0.4, 0.5) is 17.3 Å². The van der Waals surface area contributed by atoms with E-state index in [2.05, 4.69) is 32.3 Å². The maximum atomic E-state index is 12.0. The van der Waals surface area contributed by atoms with Crippen LogP contribution in [0.3, 0.4) is 0 Å². The van der Waals surface area contributed by atoms with Gasteiger partial charge in [-0.3, -0.25) is 15.0 Å². The summed E-state index contributed by atoms with van der Waals surface area (Å²) in [4.78, 5) is 24.3. The van der Waals surface area contributed by atoms with Crippen molar-refractivity contribution in [2.45, 2.75) is 20.0 Å². The monoisotopic (exact) mass is 452 g/mol. The Morgan fingerprint density at radius 3 is 2.50 bits per heavy atom. The highest BCUT2D eigenvalue weighted by Crippen LogP contribution is 2.33. The van der Waals surface area contributed by atoms with Crippen molar-refractivity contribution in [2.24, 2.45) is 0 Å². The molecule has 4 rings (SSSR count). The molecule has 166 valence electrons. The maximum Gasteiger partial charge on any atom is 0.353 e. The van der Waals surface area contributed by atoms with E-state index >= 15 is 0 Å². The summed E-state index contributed by atoms with van der Waals surface area (Å²) in [6.07, 6.45) is 1.38. The van der Waals surface area contributed by atoms with Crippen LogP contribution < -0.4 is 10.2 Å². The molecule has 0 bridgehead atoms. The third-order valence-electron chi connectivity index (χ3n) is 5.69. The van der Waals surface area contributed by atoms with Gasteiger partial charge in [0.1, 0.15) is 6.33 Å². The molecule has 1 saturated heterocycles. The van der Waals surface area contributed by atoms with Gasteiger partial charge in [0, 0.05) is 44.3 Å². The number of aromatic nitrogens is 2. The molecule has 0 unspecified atom stereocenters. The van der Waals surface area contributed by atoms with Crippen LogP contribution in [0.25, 0.3) is 0 Å². The molecule has 9 heteroatoms. The lowest BCUT2D eigenvalue weighted by molar-refractivity contribution is -0.383. The van der Waals surface area contributed by atoms with Crippen molar-refractivity contribution in [1.82, 2.24) is 14.9 Å². The summed E-state index contributed by atoms with van der Waals surface area (Å²) in [6, 6.07) is 15.9. The number of nitrogens with one attached hydrogen (secondary N) is 1. The summed E-state index contributed by atoms with van der Waals surface area (Å²) in [5.74, 6) is 0.550. The second-order valence-corrected chi connectivity index (χ2v) is 8.20. The number of anilines is 2. The van der Waals surface area contributed by atoms with Gasteiger partial charge in [-0.15, -0.1) is 0 Å². The van der Waals surface area contributed by atoms with Crippen LogP contribution in [-0.4, -0.2) is 46.0 Å². The van der Waals surface area contributed by atoms with E-state index in [-0.39, 0.29) is 11.5 Å². The third-order valence-corrected chi connectivity index (χ3v) is 6.05. The van der Waals surface area contributed by atoms with Gasteiger partial charge in [0.15, 0.2) is 0 Å². The van der Waals surface area contributed by atoms with Gasteiger partial charge in [0.25, 0.3) is 0 Å². The second-order valence-electron chi connectivity index (χ2n) is 7.79. The summed E-state index contributed by atoms with van der Waals surface area (Å²) in [5.41, 5.74) is 3.05. The minimum Gasteiger partial charge on any atom is -0.360 e. The van der Waals surface area contributed by atoms with Crippen LogP contribution in [0.2, 0.25) is 5.02 Å². The SMILES string of the molecule is Cc1cccc(Cl)c1CNc1ncnc(N2CCN(Cc3ccccc3)CC2)c1[N+](=O)[O-]. The summed E-state index contributed by atoms with van der Waals surface area (Å²) in [6.45, 7) is 6.09. The first-order valence-corrected chi connectivity index (χ1v) is 10.9. The fourth-order valence-electron chi connectivity index (χ4n) is 3.92. The smallest absolute Gasteiger partial charge is 0.353 e. The van der Waals surface area contributed by atoms with E-state index in [1.165, 1.54) is 11.9 Å². The van der Waals surface area contributed by atoms with Gasteiger partial charge in [-0.05, 0) is 29.7 Å². The summed E-state index contributed by atoms with van der Waals surface area (Å²) >= 11 is 6.30. The van der Waals surface area contributed by atoms with Crippen molar-refractivity contribution >= 4 is 28.9 Å². The highest BCUT2D eigenvalue weighted by Gasteiger charge is 2.29. The highest BCUT2D eigenvalue weighted by molar-refractivity contribution is 6.31. The molecule has 2 heterocycles. The van der Waals surface area contributed by atoms with E-state index in [0.717, 1.165) is 30.8 Å². The van der Waals surface area contributed by atoms with E-state index in [4.69, 9.17) is 11.6 Å². The van der Waals surface area contributed by atoms with E-state index in [9.17, 15) is 10.1 Å². The van der Waals surface area contributed by atoms with E-state index < -0.39 is 4.92 Å². The number of rotatable bonds is 7. The number of nitro groups is 1. The van der Waals surface area contributed by atoms with E-state index in [1.54, 1.807) is 6.07 Å². The van der Waals surface area contributed by atoms with Crippen LogP contribution in [-0.2, 0) is 13.1 Å². The van der Waals surface area contributed by atoms with Gasteiger partial charge in [0.2, 0.25) is 11.6 Å². The number of hydrogen-bond acceptors (Lipinski definition) is 7. The molecular formula is C23H25ClN6O2. The quantitative estimate of drug-likeness (QED) is 0.422. The first-order chi connectivity index (χ1) is 15.5. The third kappa shape index (κ3) is 4.98. The zero-order valence-corrected chi connectivity index (χ0v) is 18.6. The first-order valence-electron chi connectivity index (χ1n) is 10.5. The van der Waals surface area contributed by atoms with Crippen molar-refractivity contribution < 1.29 is 4.92 Å². The van der Waals surface area contributed by atoms with E-state index in [1.807, 2.05) is 42.2 Å². The highest BCUT2D eigenvalue weighted by atomic mass is 35.5. The Morgan fingerprint density at radius 2 is 1.81 bits per heavy atom. The largest absolute Gasteiger partial charge is 0.360 e. The van der Waals surface area contributed by atoms with Crippen LogP contribution in [0.5, 0.6) is 0 Å². The normalized spacial score (nSPS) is 14.4. The predicted molar refractivity (Wildman–Crippen MR) is 126 cm³/mol. The molecule has 1 fully saturated rings. The number of nitrogens with zero attached hydrogens (tertiary/aromatic N) is 5. The van der Waals surface area contributed by atoms with Gasteiger partial charge in [-0.1, -0.05) is 54.1 Å².